The molecule has 6 nitrogen and oxygen atoms in total. The predicted molar refractivity (Wildman–Crippen MR) is 103 cm³/mol. The minimum Gasteiger partial charge on any atom is -0.321 e. The number of hydrogen-bond donors (Lipinski definition) is 1. The Morgan fingerprint density at radius 2 is 1.85 bits per heavy atom. The first-order valence-electron chi connectivity index (χ1n) is 8.65. The normalized spacial score (nSPS) is 15.8. The molecule has 2 heterocycles. The molecule has 1 aliphatic rings. The summed E-state index contributed by atoms with van der Waals surface area (Å²) >= 11 is 1.33. The van der Waals surface area contributed by atoms with Gasteiger partial charge in [-0.15, -0.1) is 11.3 Å². The second-order valence-electron chi connectivity index (χ2n) is 6.55. The zero-order valence-corrected chi connectivity index (χ0v) is 16.8. The van der Waals surface area contributed by atoms with Gasteiger partial charge in [-0.1, -0.05) is 12.5 Å². The van der Waals surface area contributed by atoms with Crippen LogP contribution in [0.15, 0.2) is 23.1 Å². The van der Waals surface area contributed by atoms with Crippen LogP contribution in [0.2, 0.25) is 0 Å². The van der Waals surface area contributed by atoms with Crippen molar-refractivity contribution in [3.8, 4) is 0 Å². The number of hydrogen-bond acceptors (Lipinski definition) is 5. The number of rotatable bonds is 4. The summed E-state index contributed by atoms with van der Waals surface area (Å²) in [7, 11) is -3.55. The highest BCUT2D eigenvalue weighted by molar-refractivity contribution is 7.89. The number of anilines is 1. The summed E-state index contributed by atoms with van der Waals surface area (Å²) in [5, 5.41) is 3.63. The molecule has 1 saturated heterocycles. The number of thiazole rings is 1. The highest BCUT2D eigenvalue weighted by Crippen LogP contribution is 2.27. The third-order valence-electron chi connectivity index (χ3n) is 4.49. The van der Waals surface area contributed by atoms with Crippen molar-refractivity contribution in [2.24, 2.45) is 0 Å². The van der Waals surface area contributed by atoms with Gasteiger partial charge in [-0.3, -0.25) is 4.79 Å². The van der Waals surface area contributed by atoms with E-state index in [0.717, 1.165) is 24.3 Å². The number of carbonyl (C=O) groups is 1. The van der Waals surface area contributed by atoms with Gasteiger partial charge in [0.15, 0.2) is 0 Å². The van der Waals surface area contributed by atoms with Gasteiger partial charge in [0, 0.05) is 18.8 Å². The number of amides is 1. The first-order chi connectivity index (χ1) is 12.3. The zero-order valence-electron chi connectivity index (χ0n) is 15.2. The molecular weight excluding hydrogens is 370 g/mol. The molecule has 1 aliphatic heterocycles. The fourth-order valence-corrected chi connectivity index (χ4v) is 5.71. The lowest BCUT2D eigenvalue weighted by atomic mass is 10.2. The molecule has 0 unspecified atom stereocenters. The van der Waals surface area contributed by atoms with E-state index in [1.54, 1.807) is 36.4 Å². The topological polar surface area (TPSA) is 79.4 Å². The average Bonchev–Trinajstić information content (AvgIpc) is 2.95. The van der Waals surface area contributed by atoms with Crippen LogP contribution in [0.1, 0.15) is 45.2 Å². The molecule has 1 N–H and O–H groups in total. The Labute approximate surface area is 158 Å². The Morgan fingerprint density at radius 3 is 2.46 bits per heavy atom. The number of benzene rings is 1. The maximum absolute atomic E-state index is 13.0. The number of aryl methyl sites for hydroxylation is 3. The summed E-state index contributed by atoms with van der Waals surface area (Å²) in [5.41, 5.74) is 1.83. The van der Waals surface area contributed by atoms with Crippen LogP contribution in [0.25, 0.3) is 0 Å². The standard InChI is InChI=1S/C18H23N3O3S2/c1-12-7-8-15(20-18(22)17-13(2)19-14(3)25-17)11-16(12)26(23,24)21-9-5-4-6-10-21/h7-8,11H,4-6,9-10H2,1-3H3,(H,20,22). The number of carbonyl (C=O) groups excluding carboxylic acids is 1. The Balaban J connectivity index is 1.88. The first kappa shape index (κ1) is 19.0. The highest BCUT2D eigenvalue weighted by atomic mass is 32.2. The highest BCUT2D eigenvalue weighted by Gasteiger charge is 2.27. The van der Waals surface area contributed by atoms with Crippen molar-refractivity contribution in [2.75, 3.05) is 18.4 Å². The molecule has 3 rings (SSSR count). The van der Waals surface area contributed by atoms with Crippen LogP contribution in [-0.4, -0.2) is 36.7 Å². The summed E-state index contributed by atoms with van der Waals surface area (Å²) in [6.45, 7) is 6.53. The number of piperidine rings is 1. The largest absolute Gasteiger partial charge is 0.321 e. The summed E-state index contributed by atoms with van der Waals surface area (Å²) in [6, 6.07) is 5.02. The Kier molecular flexibility index (Phi) is 5.45. The molecule has 0 radical (unpaired) electrons. The number of sulfonamides is 1. The quantitative estimate of drug-likeness (QED) is 0.862. The molecule has 1 aromatic carbocycles. The van der Waals surface area contributed by atoms with Crippen molar-refractivity contribution >= 4 is 33.0 Å². The second kappa shape index (κ2) is 7.46. The Morgan fingerprint density at radius 1 is 1.15 bits per heavy atom. The maximum atomic E-state index is 13.0. The van der Waals surface area contributed by atoms with Crippen LogP contribution in [0.4, 0.5) is 5.69 Å². The van der Waals surface area contributed by atoms with Crippen molar-refractivity contribution in [1.82, 2.24) is 9.29 Å². The second-order valence-corrected chi connectivity index (χ2v) is 9.66. The summed E-state index contributed by atoms with van der Waals surface area (Å²) in [5.74, 6) is -0.265. The molecule has 0 aliphatic carbocycles. The molecule has 140 valence electrons. The van der Waals surface area contributed by atoms with E-state index >= 15 is 0 Å². The predicted octanol–water partition coefficient (Wildman–Crippen LogP) is 3.50. The molecule has 0 saturated carbocycles. The van der Waals surface area contributed by atoms with E-state index < -0.39 is 10.0 Å². The van der Waals surface area contributed by atoms with Crippen LogP contribution in [0.3, 0.4) is 0 Å². The van der Waals surface area contributed by atoms with E-state index in [-0.39, 0.29) is 10.8 Å². The van der Waals surface area contributed by atoms with Gasteiger partial charge in [0.2, 0.25) is 10.0 Å². The smallest absolute Gasteiger partial charge is 0.267 e. The van der Waals surface area contributed by atoms with Crippen molar-refractivity contribution < 1.29 is 13.2 Å². The molecule has 0 atom stereocenters. The van der Waals surface area contributed by atoms with Gasteiger partial charge in [0.05, 0.1) is 15.6 Å². The fraction of sp³-hybridized carbons (Fsp3) is 0.444. The minimum absolute atomic E-state index is 0.259. The molecule has 1 aromatic heterocycles. The molecule has 8 heteroatoms. The molecule has 2 aromatic rings. The lowest BCUT2D eigenvalue weighted by Gasteiger charge is -2.26. The van der Waals surface area contributed by atoms with Gasteiger partial charge in [-0.2, -0.15) is 4.31 Å². The fourth-order valence-electron chi connectivity index (χ4n) is 3.13. The minimum atomic E-state index is -3.55. The molecule has 0 spiro atoms. The van der Waals surface area contributed by atoms with Gasteiger partial charge >= 0.3 is 0 Å². The van der Waals surface area contributed by atoms with Crippen LogP contribution < -0.4 is 5.32 Å². The summed E-state index contributed by atoms with van der Waals surface area (Å²) < 4.78 is 27.5. The van der Waals surface area contributed by atoms with Crippen LogP contribution in [0.5, 0.6) is 0 Å². The Hall–Kier alpha value is -1.77. The van der Waals surface area contributed by atoms with Crippen molar-refractivity contribution in [1.29, 1.82) is 0 Å². The number of aromatic nitrogens is 1. The SMILES string of the molecule is Cc1nc(C)c(C(=O)Nc2ccc(C)c(S(=O)(=O)N3CCCCC3)c2)s1. The molecule has 26 heavy (non-hydrogen) atoms. The van der Waals surface area contributed by atoms with Gasteiger partial charge in [-0.05, 0) is 51.3 Å². The summed E-state index contributed by atoms with van der Waals surface area (Å²) in [6.07, 6.45) is 2.84. The van der Waals surface area contributed by atoms with E-state index in [1.807, 2.05) is 6.92 Å². The summed E-state index contributed by atoms with van der Waals surface area (Å²) in [4.78, 5) is 17.6. The van der Waals surface area contributed by atoms with Crippen LogP contribution >= 0.6 is 11.3 Å². The first-order valence-corrected chi connectivity index (χ1v) is 10.9. The van der Waals surface area contributed by atoms with Crippen LogP contribution in [-0.2, 0) is 10.0 Å². The molecular formula is C18H23N3O3S2. The van der Waals surface area contributed by atoms with Gasteiger partial charge in [0.1, 0.15) is 4.88 Å². The van der Waals surface area contributed by atoms with E-state index in [4.69, 9.17) is 0 Å². The Bertz CT molecular complexity index is 929. The van der Waals surface area contributed by atoms with Crippen LogP contribution in [0, 0.1) is 20.8 Å². The third-order valence-corrected chi connectivity index (χ3v) is 7.60. The zero-order chi connectivity index (χ0) is 18.9. The van der Waals surface area contributed by atoms with Crippen molar-refractivity contribution in [3.63, 3.8) is 0 Å². The lowest BCUT2D eigenvalue weighted by molar-refractivity contribution is 0.102. The third kappa shape index (κ3) is 3.82. The van der Waals surface area contributed by atoms with E-state index in [9.17, 15) is 13.2 Å². The average molecular weight is 394 g/mol. The van der Waals surface area contributed by atoms with E-state index in [1.165, 1.54) is 11.3 Å². The maximum Gasteiger partial charge on any atom is 0.267 e. The van der Waals surface area contributed by atoms with Gasteiger partial charge in [-0.25, -0.2) is 13.4 Å². The monoisotopic (exact) mass is 393 g/mol. The molecule has 1 amide bonds. The van der Waals surface area contributed by atoms with Crippen molar-refractivity contribution in [3.05, 3.63) is 39.3 Å². The van der Waals surface area contributed by atoms with Crippen molar-refractivity contribution in [2.45, 2.75) is 44.9 Å². The van der Waals surface area contributed by atoms with E-state index in [0.29, 0.717) is 34.9 Å². The van der Waals surface area contributed by atoms with E-state index in [2.05, 4.69) is 10.3 Å². The molecule has 0 bridgehead atoms. The van der Waals surface area contributed by atoms with Gasteiger partial charge in [0.25, 0.3) is 5.91 Å². The van der Waals surface area contributed by atoms with Gasteiger partial charge < -0.3 is 5.32 Å². The number of nitrogens with zero attached hydrogens (tertiary/aromatic N) is 2. The number of nitrogens with one attached hydrogen (secondary N) is 1. The molecule has 1 fully saturated rings. The lowest BCUT2D eigenvalue weighted by Crippen LogP contribution is -2.36.